The number of hydrogen-bond acceptors (Lipinski definition) is 3. The van der Waals surface area contributed by atoms with Crippen LogP contribution in [0.1, 0.15) is 67.6 Å². The van der Waals surface area contributed by atoms with E-state index < -0.39 is 5.97 Å². The summed E-state index contributed by atoms with van der Waals surface area (Å²) < 4.78 is 4.67. The first-order chi connectivity index (χ1) is 13.6. The fraction of sp³-hybridized carbons (Fsp3) is 0.360. The molecule has 0 spiro atoms. The van der Waals surface area contributed by atoms with Gasteiger partial charge >= 0.3 is 5.97 Å². The number of anilines is 1. The summed E-state index contributed by atoms with van der Waals surface area (Å²) in [5.41, 5.74) is 5.18. The van der Waals surface area contributed by atoms with Gasteiger partial charge in [0.15, 0.2) is 0 Å². The summed E-state index contributed by atoms with van der Waals surface area (Å²) in [4.78, 5) is 23.8. The van der Waals surface area contributed by atoms with Crippen molar-refractivity contribution in [2.24, 2.45) is 0 Å². The Morgan fingerprint density at radius 2 is 1.55 bits per heavy atom. The SMILES string of the molecule is COC(=O)c1ccc(NC(=O)/C=C/c2ccc3c(c2)C(C)(C)CCC3(C)C)cc1. The van der Waals surface area contributed by atoms with Crippen LogP contribution in [0.25, 0.3) is 6.08 Å². The maximum Gasteiger partial charge on any atom is 0.337 e. The first-order valence-electron chi connectivity index (χ1n) is 9.95. The number of carbonyl (C=O) groups is 2. The minimum Gasteiger partial charge on any atom is -0.465 e. The third-order valence-electron chi connectivity index (χ3n) is 5.88. The normalized spacial score (nSPS) is 16.9. The van der Waals surface area contributed by atoms with E-state index in [4.69, 9.17) is 0 Å². The van der Waals surface area contributed by atoms with Crippen LogP contribution in [0.3, 0.4) is 0 Å². The van der Waals surface area contributed by atoms with Crippen LogP contribution in [0.15, 0.2) is 48.5 Å². The summed E-state index contributed by atoms with van der Waals surface area (Å²) >= 11 is 0. The minimum absolute atomic E-state index is 0.137. The van der Waals surface area contributed by atoms with Crippen LogP contribution in [0.4, 0.5) is 5.69 Å². The molecule has 4 nitrogen and oxygen atoms in total. The van der Waals surface area contributed by atoms with Gasteiger partial charge in [0.1, 0.15) is 0 Å². The molecule has 0 bridgehead atoms. The van der Waals surface area contributed by atoms with Gasteiger partial charge in [-0.15, -0.1) is 0 Å². The van der Waals surface area contributed by atoms with E-state index in [1.165, 1.54) is 30.7 Å². The van der Waals surface area contributed by atoms with Crippen molar-refractivity contribution in [3.63, 3.8) is 0 Å². The first kappa shape index (κ1) is 20.8. The van der Waals surface area contributed by atoms with E-state index in [0.717, 1.165) is 12.0 Å². The van der Waals surface area contributed by atoms with E-state index in [1.54, 1.807) is 24.3 Å². The van der Waals surface area contributed by atoms with Crippen LogP contribution in [-0.4, -0.2) is 19.0 Å². The number of methoxy groups -OCH3 is 1. The van der Waals surface area contributed by atoms with E-state index >= 15 is 0 Å². The number of ether oxygens (including phenoxy) is 1. The second-order valence-electron chi connectivity index (χ2n) is 8.96. The molecule has 2 aromatic rings. The average molecular weight is 392 g/mol. The Labute approximate surface area is 173 Å². The smallest absolute Gasteiger partial charge is 0.337 e. The van der Waals surface area contributed by atoms with Crippen molar-refractivity contribution in [3.05, 3.63) is 70.8 Å². The third-order valence-corrected chi connectivity index (χ3v) is 5.88. The van der Waals surface area contributed by atoms with Gasteiger partial charge in [0.25, 0.3) is 0 Å². The van der Waals surface area contributed by atoms with Crippen molar-refractivity contribution in [2.75, 3.05) is 12.4 Å². The van der Waals surface area contributed by atoms with E-state index in [0.29, 0.717) is 11.3 Å². The summed E-state index contributed by atoms with van der Waals surface area (Å²) in [6, 6.07) is 13.1. The zero-order valence-corrected chi connectivity index (χ0v) is 17.8. The van der Waals surface area contributed by atoms with Gasteiger partial charge in [0, 0.05) is 11.8 Å². The van der Waals surface area contributed by atoms with Crippen molar-refractivity contribution >= 4 is 23.6 Å². The Morgan fingerprint density at radius 3 is 2.17 bits per heavy atom. The number of rotatable bonds is 4. The molecule has 152 valence electrons. The topological polar surface area (TPSA) is 55.4 Å². The van der Waals surface area contributed by atoms with Gasteiger partial charge in [-0.1, -0.05) is 45.9 Å². The largest absolute Gasteiger partial charge is 0.465 e. The molecule has 0 heterocycles. The number of hydrogen-bond donors (Lipinski definition) is 1. The molecule has 3 rings (SSSR count). The fourth-order valence-electron chi connectivity index (χ4n) is 3.87. The van der Waals surface area contributed by atoms with Crippen molar-refractivity contribution in [3.8, 4) is 0 Å². The standard InChI is InChI=1S/C25H29NO3/c1-24(2)14-15-25(3,4)21-16-17(6-12-20(21)24)7-13-22(27)26-19-10-8-18(9-11-19)23(28)29-5/h6-13,16H,14-15H2,1-5H3,(H,26,27)/b13-7+. The number of benzene rings is 2. The van der Waals surface area contributed by atoms with Gasteiger partial charge in [0.2, 0.25) is 5.91 Å². The van der Waals surface area contributed by atoms with Crippen molar-refractivity contribution in [2.45, 2.75) is 51.4 Å². The zero-order valence-electron chi connectivity index (χ0n) is 17.8. The molecular weight excluding hydrogens is 362 g/mol. The molecule has 4 heteroatoms. The monoisotopic (exact) mass is 391 g/mol. The Kier molecular flexibility index (Phi) is 5.65. The molecule has 1 amide bonds. The Morgan fingerprint density at radius 1 is 0.931 bits per heavy atom. The van der Waals surface area contributed by atoms with Crippen molar-refractivity contribution < 1.29 is 14.3 Å². The summed E-state index contributed by atoms with van der Waals surface area (Å²) in [5.74, 6) is -0.616. The van der Waals surface area contributed by atoms with E-state index in [9.17, 15) is 9.59 Å². The number of nitrogens with one attached hydrogen (secondary N) is 1. The second-order valence-corrected chi connectivity index (χ2v) is 8.96. The van der Waals surface area contributed by atoms with Crippen LogP contribution >= 0.6 is 0 Å². The molecule has 0 atom stereocenters. The molecule has 0 saturated heterocycles. The summed E-state index contributed by atoms with van der Waals surface area (Å²) in [6.45, 7) is 9.18. The summed E-state index contributed by atoms with van der Waals surface area (Å²) in [5, 5.41) is 2.81. The van der Waals surface area contributed by atoms with Gasteiger partial charge < -0.3 is 10.1 Å². The van der Waals surface area contributed by atoms with E-state index in [1.807, 2.05) is 6.08 Å². The molecule has 0 aliphatic heterocycles. The molecule has 1 aliphatic rings. The molecular formula is C25H29NO3. The Hall–Kier alpha value is -2.88. The molecule has 29 heavy (non-hydrogen) atoms. The third kappa shape index (κ3) is 4.58. The molecule has 0 fully saturated rings. The van der Waals surface area contributed by atoms with Crippen LogP contribution in [-0.2, 0) is 20.4 Å². The first-order valence-corrected chi connectivity index (χ1v) is 9.95. The van der Waals surface area contributed by atoms with Crippen LogP contribution in [0, 0.1) is 0 Å². The lowest BCUT2D eigenvalue weighted by molar-refractivity contribution is -0.111. The molecule has 0 unspecified atom stereocenters. The molecule has 0 saturated carbocycles. The highest BCUT2D eigenvalue weighted by Gasteiger charge is 2.36. The quantitative estimate of drug-likeness (QED) is 0.555. The lowest BCUT2D eigenvalue weighted by Crippen LogP contribution is -2.33. The van der Waals surface area contributed by atoms with Crippen LogP contribution in [0.5, 0.6) is 0 Å². The fourth-order valence-corrected chi connectivity index (χ4v) is 3.87. The molecule has 0 radical (unpaired) electrons. The highest BCUT2D eigenvalue weighted by atomic mass is 16.5. The molecule has 2 aromatic carbocycles. The van der Waals surface area contributed by atoms with Crippen LogP contribution < -0.4 is 5.32 Å². The van der Waals surface area contributed by atoms with Crippen LogP contribution in [0.2, 0.25) is 0 Å². The Bertz CT molecular complexity index is 953. The maximum atomic E-state index is 12.3. The van der Waals surface area contributed by atoms with Gasteiger partial charge in [0.05, 0.1) is 12.7 Å². The lowest BCUT2D eigenvalue weighted by atomic mass is 9.63. The van der Waals surface area contributed by atoms with Gasteiger partial charge in [-0.25, -0.2) is 4.79 Å². The molecule has 1 aliphatic carbocycles. The summed E-state index contributed by atoms with van der Waals surface area (Å²) in [7, 11) is 1.34. The number of fused-ring (bicyclic) bond motifs is 1. The summed E-state index contributed by atoms with van der Waals surface area (Å²) in [6.07, 6.45) is 5.72. The van der Waals surface area contributed by atoms with Gasteiger partial charge in [-0.05, 0) is 70.7 Å². The predicted octanol–water partition coefficient (Wildman–Crippen LogP) is 5.47. The van der Waals surface area contributed by atoms with Crippen molar-refractivity contribution in [1.29, 1.82) is 0 Å². The average Bonchev–Trinajstić information content (AvgIpc) is 2.70. The Balaban J connectivity index is 1.73. The lowest BCUT2D eigenvalue weighted by Gasteiger charge is -2.42. The van der Waals surface area contributed by atoms with Gasteiger partial charge in [-0.2, -0.15) is 0 Å². The van der Waals surface area contributed by atoms with Gasteiger partial charge in [-0.3, -0.25) is 4.79 Å². The van der Waals surface area contributed by atoms with E-state index in [2.05, 4.69) is 55.9 Å². The molecule has 1 N–H and O–H groups in total. The number of esters is 1. The number of carbonyl (C=O) groups excluding carboxylic acids is 2. The number of amides is 1. The van der Waals surface area contributed by atoms with E-state index in [-0.39, 0.29) is 16.7 Å². The predicted molar refractivity (Wildman–Crippen MR) is 117 cm³/mol. The minimum atomic E-state index is -0.402. The maximum absolute atomic E-state index is 12.3. The molecule has 0 aromatic heterocycles. The second kappa shape index (κ2) is 7.86. The highest BCUT2D eigenvalue weighted by molar-refractivity contribution is 6.02. The van der Waals surface area contributed by atoms with Crippen molar-refractivity contribution in [1.82, 2.24) is 0 Å². The zero-order chi connectivity index (χ0) is 21.2. The highest BCUT2D eigenvalue weighted by Crippen LogP contribution is 2.45.